The van der Waals surface area contributed by atoms with Gasteiger partial charge in [0.2, 0.25) is 0 Å². The lowest BCUT2D eigenvalue weighted by Gasteiger charge is -2.07. The molecule has 1 aliphatic rings. The minimum absolute atomic E-state index is 0.528. The largest absolute Gasteiger partial charge is 0.252 e. The van der Waals surface area contributed by atoms with E-state index < -0.39 is 6.30 Å². The average Bonchev–Trinajstić information content (AvgIpc) is 2.65. The number of alkyl halides is 1. The summed E-state index contributed by atoms with van der Waals surface area (Å²) in [6.45, 7) is 1.81. The number of hydrogen-bond acceptors (Lipinski definition) is 2. The van der Waals surface area contributed by atoms with Gasteiger partial charge in [-0.05, 0) is 19.3 Å². The van der Waals surface area contributed by atoms with Crippen molar-refractivity contribution in [1.82, 2.24) is 10.9 Å². The van der Waals surface area contributed by atoms with E-state index in [0.717, 1.165) is 0 Å². The highest BCUT2D eigenvalue weighted by atomic mass is 19.1. The number of halogens is 1. The molecule has 0 radical (unpaired) electrons. The fourth-order valence-corrected chi connectivity index (χ4v) is 0.538. The van der Waals surface area contributed by atoms with E-state index in [1.165, 1.54) is 12.8 Å². The molecule has 1 atom stereocenters. The van der Waals surface area contributed by atoms with Crippen LogP contribution in [0, 0.1) is 0 Å². The lowest BCUT2D eigenvalue weighted by molar-refractivity contribution is 0.233. The van der Waals surface area contributed by atoms with Crippen LogP contribution in [0.5, 0.6) is 0 Å². The summed E-state index contributed by atoms with van der Waals surface area (Å²) in [5.41, 5.74) is 5.46. The van der Waals surface area contributed by atoms with E-state index >= 15 is 0 Å². The summed E-state index contributed by atoms with van der Waals surface area (Å²) in [7, 11) is 0. The summed E-state index contributed by atoms with van der Waals surface area (Å²) >= 11 is 0. The Bertz CT molecular complexity index is 83.1. The molecule has 0 aliphatic heterocycles. The Kier molecular flexibility index (Phi) is 2.42. The second-order valence-corrected chi connectivity index (χ2v) is 2.44. The zero-order chi connectivity index (χ0) is 6.69. The van der Waals surface area contributed by atoms with Crippen LogP contribution in [-0.4, -0.2) is 12.3 Å². The van der Waals surface area contributed by atoms with Gasteiger partial charge in [-0.2, -0.15) is 0 Å². The molecule has 0 aromatic rings. The smallest absolute Gasteiger partial charge is 0.163 e. The Balaban J connectivity index is 1.90. The highest BCUT2D eigenvalue weighted by Gasteiger charge is 2.20. The minimum Gasteiger partial charge on any atom is -0.252 e. The first-order valence-corrected chi connectivity index (χ1v) is 3.48. The van der Waals surface area contributed by atoms with Crippen LogP contribution in [0.4, 0.5) is 4.39 Å². The van der Waals surface area contributed by atoms with Crippen LogP contribution in [0.1, 0.15) is 26.2 Å². The molecule has 0 spiro atoms. The first kappa shape index (κ1) is 6.96. The van der Waals surface area contributed by atoms with Crippen molar-refractivity contribution in [2.24, 2.45) is 0 Å². The number of hydrazine groups is 1. The van der Waals surface area contributed by atoms with Gasteiger partial charge >= 0.3 is 0 Å². The van der Waals surface area contributed by atoms with Crippen molar-refractivity contribution in [2.45, 2.75) is 38.5 Å². The fraction of sp³-hybridized carbons (Fsp3) is 1.00. The molecule has 1 fully saturated rings. The molecule has 9 heavy (non-hydrogen) atoms. The Morgan fingerprint density at radius 3 is 2.78 bits per heavy atom. The van der Waals surface area contributed by atoms with Gasteiger partial charge in [0.25, 0.3) is 0 Å². The van der Waals surface area contributed by atoms with Gasteiger partial charge < -0.3 is 0 Å². The third kappa shape index (κ3) is 2.77. The molecule has 1 aliphatic carbocycles. The Labute approximate surface area is 54.8 Å². The number of nitrogens with one attached hydrogen (secondary N) is 2. The molecule has 1 rings (SSSR count). The molecule has 54 valence electrons. The van der Waals surface area contributed by atoms with E-state index in [4.69, 9.17) is 0 Å². The topological polar surface area (TPSA) is 24.1 Å². The zero-order valence-corrected chi connectivity index (χ0v) is 5.65. The molecule has 0 bridgehead atoms. The first-order chi connectivity index (χ1) is 4.33. The maximum Gasteiger partial charge on any atom is 0.163 e. The van der Waals surface area contributed by atoms with E-state index in [0.29, 0.717) is 12.5 Å². The van der Waals surface area contributed by atoms with Crippen molar-refractivity contribution >= 4 is 0 Å². The second kappa shape index (κ2) is 3.13. The van der Waals surface area contributed by atoms with Crippen LogP contribution >= 0.6 is 0 Å². The molecule has 0 heterocycles. The summed E-state index contributed by atoms with van der Waals surface area (Å²) in [5.74, 6) is 0. The highest BCUT2D eigenvalue weighted by molar-refractivity contribution is 4.78. The van der Waals surface area contributed by atoms with Gasteiger partial charge in [-0.3, -0.25) is 5.43 Å². The number of hydrogen-bond donors (Lipinski definition) is 2. The van der Waals surface area contributed by atoms with Crippen LogP contribution in [0.15, 0.2) is 0 Å². The molecular weight excluding hydrogens is 119 g/mol. The third-order valence-electron chi connectivity index (χ3n) is 1.38. The molecular formula is C6H13FN2. The third-order valence-corrected chi connectivity index (χ3v) is 1.38. The molecule has 0 aromatic carbocycles. The molecule has 2 nitrogen and oxygen atoms in total. The van der Waals surface area contributed by atoms with Crippen molar-refractivity contribution in [3.8, 4) is 0 Å². The number of rotatable bonds is 4. The van der Waals surface area contributed by atoms with Gasteiger partial charge in [-0.1, -0.05) is 6.92 Å². The van der Waals surface area contributed by atoms with Crippen LogP contribution in [0.25, 0.3) is 0 Å². The monoisotopic (exact) mass is 132 g/mol. The Morgan fingerprint density at radius 1 is 1.67 bits per heavy atom. The summed E-state index contributed by atoms with van der Waals surface area (Å²) in [6, 6.07) is 0.537. The van der Waals surface area contributed by atoms with E-state index in [2.05, 4.69) is 10.9 Å². The molecule has 0 saturated heterocycles. The predicted octanol–water partition coefficient (Wildman–Crippen LogP) is 0.949. The highest BCUT2D eigenvalue weighted by Crippen LogP contribution is 2.17. The molecule has 1 saturated carbocycles. The molecule has 0 unspecified atom stereocenters. The van der Waals surface area contributed by atoms with Gasteiger partial charge in [0.15, 0.2) is 6.30 Å². The van der Waals surface area contributed by atoms with Gasteiger partial charge in [0.05, 0.1) is 0 Å². The van der Waals surface area contributed by atoms with Crippen LogP contribution < -0.4 is 10.9 Å². The van der Waals surface area contributed by atoms with E-state index in [9.17, 15) is 4.39 Å². The van der Waals surface area contributed by atoms with E-state index in [1.807, 2.05) is 6.92 Å². The van der Waals surface area contributed by atoms with Crippen molar-refractivity contribution in [3.05, 3.63) is 0 Å². The van der Waals surface area contributed by atoms with Gasteiger partial charge in [0.1, 0.15) is 0 Å². The molecule has 0 aromatic heterocycles. The minimum atomic E-state index is -0.884. The Morgan fingerprint density at radius 2 is 2.33 bits per heavy atom. The van der Waals surface area contributed by atoms with E-state index in [1.54, 1.807) is 0 Å². The average molecular weight is 132 g/mol. The van der Waals surface area contributed by atoms with Gasteiger partial charge in [-0.15, -0.1) is 0 Å². The summed E-state index contributed by atoms with van der Waals surface area (Å²) in [5, 5.41) is 0. The van der Waals surface area contributed by atoms with Crippen molar-refractivity contribution in [2.75, 3.05) is 0 Å². The second-order valence-electron chi connectivity index (χ2n) is 2.44. The zero-order valence-electron chi connectivity index (χ0n) is 5.65. The molecule has 3 heteroatoms. The van der Waals surface area contributed by atoms with Gasteiger partial charge in [-0.25, -0.2) is 9.82 Å². The molecule has 0 amide bonds. The lowest BCUT2D eigenvalue weighted by atomic mass is 10.5. The first-order valence-electron chi connectivity index (χ1n) is 3.48. The van der Waals surface area contributed by atoms with Crippen LogP contribution in [-0.2, 0) is 0 Å². The summed E-state index contributed by atoms with van der Waals surface area (Å²) in [4.78, 5) is 0. The van der Waals surface area contributed by atoms with Crippen molar-refractivity contribution in [3.63, 3.8) is 0 Å². The molecule has 2 N–H and O–H groups in total. The predicted molar refractivity (Wildman–Crippen MR) is 34.5 cm³/mol. The standard InChI is InChI=1S/C6H13FN2/c1-2-6(7)9-8-5-3-4-5/h5-6,8-9H,2-4H2,1H3/t6-/m1/s1. The lowest BCUT2D eigenvalue weighted by Crippen LogP contribution is -2.39. The maximum absolute atomic E-state index is 12.3. The van der Waals surface area contributed by atoms with Crippen LogP contribution in [0.3, 0.4) is 0 Å². The summed E-state index contributed by atoms with van der Waals surface area (Å²) < 4.78 is 12.3. The van der Waals surface area contributed by atoms with E-state index in [-0.39, 0.29) is 0 Å². The summed E-state index contributed by atoms with van der Waals surface area (Å²) in [6.07, 6.45) is 2.01. The Hall–Kier alpha value is -0.150. The SMILES string of the molecule is CC[C@H](F)NNC1CC1. The van der Waals surface area contributed by atoms with Crippen molar-refractivity contribution in [1.29, 1.82) is 0 Å². The van der Waals surface area contributed by atoms with Crippen LogP contribution in [0.2, 0.25) is 0 Å². The maximum atomic E-state index is 12.3. The fourth-order valence-electron chi connectivity index (χ4n) is 0.538. The normalized spacial score (nSPS) is 22.0. The van der Waals surface area contributed by atoms with Crippen molar-refractivity contribution < 1.29 is 4.39 Å². The quantitative estimate of drug-likeness (QED) is 0.439. The van der Waals surface area contributed by atoms with Gasteiger partial charge in [0, 0.05) is 6.04 Å².